The number of aliphatic hydroxyl groups excluding tert-OH is 1. The van der Waals surface area contributed by atoms with Crippen molar-refractivity contribution in [1.82, 2.24) is 14.5 Å². The third kappa shape index (κ3) is 3.73. The molecule has 7 nitrogen and oxygen atoms in total. The molecule has 2 N–H and O–H groups in total. The van der Waals surface area contributed by atoms with Crippen LogP contribution in [0, 0.1) is 13.8 Å². The molecule has 0 radical (unpaired) electrons. The van der Waals surface area contributed by atoms with Gasteiger partial charge in [0.1, 0.15) is 12.2 Å². The number of amides is 1. The summed E-state index contributed by atoms with van der Waals surface area (Å²) in [6.45, 7) is 3.90. The van der Waals surface area contributed by atoms with Gasteiger partial charge in [-0.3, -0.25) is 4.79 Å². The molecule has 2 heterocycles. The van der Waals surface area contributed by atoms with Crippen LogP contribution < -0.4 is 10.1 Å². The number of hydrogen-bond acceptors (Lipinski definition) is 5. The molecule has 0 saturated carbocycles. The largest absolute Gasteiger partial charge is 0.475 e. The molecule has 0 aliphatic heterocycles. The van der Waals surface area contributed by atoms with E-state index in [0.717, 1.165) is 17.1 Å². The Kier molecular flexibility index (Phi) is 5.28. The van der Waals surface area contributed by atoms with Crippen molar-refractivity contribution in [2.45, 2.75) is 13.8 Å². The molecule has 0 unspecified atom stereocenters. The first-order valence-electron chi connectivity index (χ1n) is 8.21. The van der Waals surface area contributed by atoms with E-state index in [4.69, 9.17) is 9.84 Å². The number of aliphatic hydroxyl groups is 1. The number of aryl methyl sites for hydroxylation is 1. The zero-order valence-electron chi connectivity index (χ0n) is 14.6. The Morgan fingerprint density at radius 2 is 1.96 bits per heavy atom. The van der Waals surface area contributed by atoms with E-state index in [1.165, 1.54) is 6.20 Å². The molecule has 3 rings (SSSR count). The van der Waals surface area contributed by atoms with Crippen LogP contribution in [0.15, 0.2) is 48.9 Å². The van der Waals surface area contributed by atoms with E-state index in [1.54, 1.807) is 18.5 Å². The second-order valence-electron chi connectivity index (χ2n) is 5.71. The minimum absolute atomic E-state index is 0.0790. The van der Waals surface area contributed by atoms with Crippen molar-refractivity contribution < 1.29 is 14.6 Å². The molecule has 134 valence electrons. The number of imidazole rings is 1. The summed E-state index contributed by atoms with van der Waals surface area (Å²) >= 11 is 0. The number of aromatic nitrogens is 3. The van der Waals surface area contributed by atoms with Gasteiger partial charge in [-0.25, -0.2) is 9.97 Å². The van der Waals surface area contributed by atoms with Gasteiger partial charge < -0.3 is 19.7 Å². The van der Waals surface area contributed by atoms with Gasteiger partial charge >= 0.3 is 0 Å². The SMILES string of the molecule is Cc1ncn(-c2ccc(NC(=O)c3cccnc3OCCO)cc2)c1C. The van der Waals surface area contributed by atoms with Gasteiger partial charge in [-0.1, -0.05) is 0 Å². The predicted octanol–water partition coefficient (Wildman–Crippen LogP) is 2.51. The fourth-order valence-corrected chi connectivity index (χ4v) is 2.48. The van der Waals surface area contributed by atoms with Gasteiger partial charge in [0.15, 0.2) is 0 Å². The number of carbonyl (C=O) groups excluding carboxylic acids is 1. The van der Waals surface area contributed by atoms with Gasteiger partial charge in [-0.2, -0.15) is 0 Å². The summed E-state index contributed by atoms with van der Waals surface area (Å²) in [5.41, 5.74) is 3.99. The summed E-state index contributed by atoms with van der Waals surface area (Å²) in [5, 5.41) is 11.7. The summed E-state index contributed by atoms with van der Waals surface area (Å²) in [6, 6.07) is 10.8. The first-order valence-corrected chi connectivity index (χ1v) is 8.21. The number of hydrogen-bond donors (Lipinski definition) is 2. The monoisotopic (exact) mass is 352 g/mol. The quantitative estimate of drug-likeness (QED) is 0.711. The van der Waals surface area contributed by atoms with Gasteiger partial charge in [-0.05, 0) is 50.2 Å². The average Bonchev–Trinajstić information content (AvgIpc) is 3.00. The number of ether oxygens (including phenoxy) is 1. The minimum Gasteiger partial charge on any atom is -0.475 e. The fourth-order valence-electron chi connectivity index (χ4n) is 2.48. The molecule has 7 heteroatoms. The predicted molar refractivity (Wildman–Crippen MR) is 97.8 cm³/mol. The molecule has 0 atom stereocenters. The molecule has 3 aromatic rings. The maximum Gasteiger partial charge on any atom is 0.261 e. The van der Waals surface area contributed by atoms with Crippen LogP contribution in [0.3, 0.4) is 0 Å². The summed E-state index contributed by atoms with van der Waals surface area (Å²) in [6.07, 6.45) is 3.31. The van der Waals surface area contributed by atoms with Crippen LogP contribution in [-0.2, 0) is 0 Å². The summed E-state index contributed by atoms with van der Waals surface area (Å²) < 4.78 is 7.29. The molecular formula is C19H20N4O3. The Balaban J connectivity index is 1.75. The van der Waals surface area contributed by atoms with Crippen molar-refractivity contribution in [3.05, 3.63) is 65.9 Å². The van der Waals surface area contributed by atoms with Gasteiger partial charge in [0.2, 0.25) is 5.88 Å². The van der Waals surface area contributed by atoms with Crippen LogP contribution >= 0.6 is 0 Å². The van der Waals surface area contributed by atoms with E-state index in [9.17, 15) is 4.79 Å². The third-order valence-electron chi connectivity index (χ3n) is 4.00. The number of rotatable bonds is 6. The number of benzene rings is 1. The van der Waals surface area contributed by atoms with E-state index in [2.05, 4.69) is 15.3 Å². The number of carbonyl (C=O) groups is 1. The van der Waals surface area contributed by atoms with Crippen molar-refractivity contribution in [3.8, 4) is 11.6 Å². The molecular weight excluding hydrogens is 332 g/mol. The Hall–Kier alpha value is -3.19. The highest BCUT2D eigenvalue weighted by Gasteiger charge is 2.14. The number of pyridine rings is 1. The topological polar surface area (TPSA) is 89.3 Å². The third-order valence-corrected chi connectivity index (χ3v) is 4.00. The van der Waals surface area contributed by atoms with E-state index >= 15 is 0 Å². The van der Waals surface area contributed by atoms with Gasteiger partial charge in [0, 0.05) is 23.3 Å². The minimum atomic E-state index is -0.326. The number of nitrogens with one attached hydrogen (secondary N) is 1. The average molecular weight is 352 g/mol. The lowest BCUT2D eigenvalue weighted by Crippen LogP contribution is -2.15. The van der Waals surface area contributed by atoms with Crippen LogP contribution in [0.2, 0.25) is 0 Å². The first-order chi connectivity index (χ1) is 12.6. The molecule has 0 spiro atoms. The smallest absolute Gasteiger partial charge is 0.261 e. The van der Waals surface area contributed by atoms with Gasteiger partial charge in [0.25, 0.3) is 5.91 Å². The van der Waals surface area contributed by atoms with E-state index in [0.29, 0.717) is 11.3 Å². The molecule has 2 aromatic heterocycles. The maximum atomic E-state index is 12.5. The first kappa shape index (κ1) is 17.6. The van der Waals surface area contributed by atoms with E-state index in [1.807, 2.05) is 42.7 Å². The lowest BCUT2D eigenvalue weighted by Gasteiger charge is -2.11. The van der Waals surface area contributed by atoms with Crippen molar-refractivity contribution in [3.63, 3.8) is 0 Å². The van der Waals surface area contributed by atoms with Crippen molar-refractivity contribution in [2.24, 2.45) is 0 Å². The van der Waals surface area contributed by atoms with Crippen molar-refractivity contribution >= 4 is 11.6 Å². The van der Waals surface area contributed by atoms with Crippen LogP contribution in [0.25, 0.3) is 5.69 Å². The highest BCUT2D eigenvalue weighted by molar-refractivity contribution is 6.05. The van der Waals surface area contributed by atoms with Crippen molar-refractivity contribution in [1.29, 1.82) is 0 Å². The molecule has 0 fully saturated rings. The Labute approximate surface area is 151 Å². The van der Waals surface area contributed by atoms with E-state index < -0.39 is 0 Å². The van der Waals surface area contributed by atoms with Gasteiger partial charge in [0.05, 0.1) is 18.6 Å². The molecule has 0 saturated heterocycles. The number of nitrogens with zero attached hydrogens (tertiary/aromatic N) is 3. The highest BCUT2D eigenvalue weighted by atomic mass is 16.5. The normalized spacial score (nSPS) is 10.6. The van der Waals surface area contributed by atoms with Crippen LogP contribution in [-0.4, -0.2) is 38.8 Å². The molecule has 1 amide bonds. The molecule has 26 heavy (non-hydrogen) atoms. The molecule has 0 aliphatic carbocycles. The summed E-state index contributed by atoms with van der Waals surface area (Å²) in [4.78, 5) is 20.8. The molecule has 1 aromatic carbocycles. The molecule has 0 aliphatic rings. The lowest BCUT2D eigenvalue weighted by molar-refractivity contribution is 0.102. The summed E-state index contributed by atoms with van der Waals surface area (Å²) in [7, 11) is 0. The summed E-state index contributed by atoms with van der Waals surface area (Å²) in [5.74, 6) is -0.131. The fraction of sp³-hybridized carbons (Fsp3) is 0.211. The lowest BCUT2D eigenvalue weighted by atomic mass is 10.2. The van der Waals surface area contributed by atoms with Crippen LogP contribution in [0.1, 0.15) is 21.7 Å². The van der Waals surface area contributed by atoms with Gasteiger partial charge in [-0.15, -0.1) is 0 Å². The second kappa shape index (κ2) is 7.79. The van der Waals surface area contributed by atoms with Crippen LogP contribution in [0.5, 0.6) is 5.88 Å². The second-order valence-corrected chi connectivity index (χ2v) is 5.71. The van der Waals surface area contributed by atoms with E-state index in [-0.39, 0.29) is 25.0 Å². The van der Waals surface area contributed by atoms with Crippen molar-refractivity contribution in [2.75, 3.05) is 18.5 Å². The number of anilines is 1. The Morgan fingerprint density at radius 1 is 1.19 bits per heavy atom. The van der Waals surface area contributed by atoms with Crippen LogP contribution in [0.4, 0.5) is 5.69 Å². The molecule has 0 bridgehead atoms. The standard InChI is InChI=1S/C19H20N4O3/c1-13-14(2)23(12-21-13)16-7-5-15(6-8-16)22-18(25)17-4-3-9-20-19(17)26-11-10-24/h3-9,12,24H,10-11H2,1-2H3,(H,22,25). The Morgan fingerprint density at radius 3 is 2.62 bits per heavy atom. The zero-order chi connectivity index (χ0) is 18.5. The highest BCUT2D eigenvalue weighted by Crippen LogP contribution is 2.19. The Bertz CT molecular complexity index is 903. The zero-order valence-corrected chi connectivity index (χ0v) is 14.6. The maximum absolute atomic E-state index is 12.5.